The molecule has 0 saturated carbocycles. The number of rotatable bonds is 8. The Labute approximate surface area is 204 Å². The van der Waals surface area contributed by atoms with Gasteiger partial charge in [-0.05, 0) is 36.8 Å². The maximum Gasteiger partial charge on any atom is 0.293 e. The summed E-state index contributed by atoms with van der Waals surface area (Å²) in [4.78, 5) is 19.6. The number of carbonyl (C=O) groups is 1. The van der Waals surface area contributed by atoms with Crippen LogP contribution in [0.25, 0.3) is 17.1 Å². The average Bonchev–Trinajstić information content (AvgIpc) is 3.34. The molecule has 3 aromatic carbocycles. The summed E-state index contributed by atoms with van der Waals surface area (Å²) in [6, 6.07) is 21.3. The first kappa shape index (κ1) is 23.8. The quantitative estimate of drug-likeness (QED) is 0.375. The molecule has 35 heavy (non-hydrogen) atoms. The van der Waals surface area contributed by atoms with E-state index in [1.807, 2.05) is 73.7 Å². The molecule has 0 radical (unpaired) electrons. The number of benzene rings is 3. The standard InChI is InChI=1S/C27H28N4O4/c1-18-11-13-21(14-12-18)31-26(20-9-7-6-8-10-20)28-25(29-31)27(32)30(2)17-19-15-22(33-3)24(35-5)23(16-19)34-4/h6-16H,17H2,1-5H3. The minimum absolute atomic E-state index is 0.111. The monoisotopic (exact) mass is 472 g/mol. The van der Waals surface area contributed by atoms with E-state index >= 15 is 0 Å². The maximum absolute atomic E-state index is 13.4. The number of hydrogen-bond donors (Lipinski definition) is 0. The van der Waals surface area contributed by atoms with E-state index in [4.69, 9.17) is 14.2 Å². The number of carbonyl (C=O) groups excluding carboxylic acids is 1. The number of hydrogen-bond acceptors (Lipinski definition) is 6. The van der Waals surface area contributed by atoms with Crippen LogP contribution in [0.1, 0.15) is 21.7 Å². The number of ether oxygens (including phenoxy) is 3. The lowest BCUT2D eigenvalue weighted by Crippen LogP contribution is -2.27. The Bertz CT molecular complexity index is 1290. The van der Waals surface area contributed by atoms with Gasteiger partial charge in [-0.15, -0.1) is 5.10 Å². The first-order valence-corrected chi connectivity index (χ1v) is 11.1. The predicted molar refractivity (Wildman–Crippen MR) is 133 cm³/mol. The van der Waals surface area contributed by atoms with Crippen molar-refractivity contribution in [1.29, 1.82) is 0 Å². The smallest absolute Gasteiger partial charge is 0.293 e. The van der Waals surface area contributed by atoms with Crippen molar-refractivity contribution in [1.82, 2.24) is 19.7 Å². The summed E-state index contributed by atoms with van der Waals surface area (Å²) in [6.45, 7) is 2.32. The highest BCUT2D eigenvalue weighted by Crippen LogP contribution is 2.38. The van der Waals surface area contributed by atoms with E-state index in [-0.39, 0.29) is 11.7 Å². The van der Waals surface area contributed by atoms with Crippen LogP contribution in [0.3, 0.4) is 0 Å². The van der Waals surface area contributed by atoms with Crippen molar-refractivity contribution in [3.63, 3.8) is 0 Å². The van der Waals surface area contributed by atoms with Crippen LogP contribution < -0.4 is 14.2 Å². The normalized spacial score (nSPS) is 10.7. The van der Waals surface area contributed by atoms with Crippen molar-refractivity contribution in [2.24, 2.45) is 0 Å². The zero-order valence-electron chi connectivity index (χ0n) is 20.5. The van der Waals surface area contributed by atoms with E-state index in [1.54, 1.807) is 38.0 Å². The van der Waals surface area contributed by atoms with Gasteiger partial charge in [0.25, 0.3) is 5.91 Å². The van der Waals surface area contributed by atoms with Gasteiger partial charge in [0.05, 0.1) is 27.0 Å². The van der Waals surface area contributed by atoms with E-state index in [0.717, 1.165) is 22.4 Å². The molecule has 0 aliphatic heterocycles. The average molecular weight is 473 g/mol. The van der Waals surface area contributed by atoms with Crippen LogP contribution in [-0.4, -0.2) is 53.9 Å². The molecule has 1 heterocycles. The van der Waals surface area contributed by atoms with Gasteiger partial charge in [0.1, 0.15) is 0 Å². The van der Waals surface area contributed by atoms with Gasteiger partial charge in [-0.1, -0.05) is 48.0 Å². The highest BCUT2D eigenvalue weighted by molar-refractivity contribution is 5.91. The Morgan fingerprint density at radius 2 is 1.54 bits per heavy atom. The molecule has 8 heteroatoms. The summed E-state index contributed by atoms with van der Waals surface area (Å²) < 4.78 is 18.0. The van der Waals surface area contributed by atoms with Gasteiger partial charge in [0.15, 0.2) is 17.3 Å². The zero-order valence-corrected chi connectivity index (χ0v) is 20.5. The minimum atomic E-state index is -0.304. The molecular weight excluding hydrogens is 444 g/mol. The Hall–Kier alpha value is -4.33. The molecule has 1 amide bonds. The van der Waals surface area contributed by atoms with Gasteiger partial charge in [0.2, 0.25) is 11.6 Å². The topological polar surface area (TPSA) is 78.7 Å². The molecule has 8 nitrogen and oxygen atoms in total. The largest absolute Gasteiger partial charge is 0.493 e. The molecule has 0 unspecified atom stereocenters. The first-order chi connectivity index (χ1) is 16.9. The first-order valence-electron chi connectivity index (χ1n) is 11.1. The van der Waals surface area contributed by atoms with Gasteiger partial charge in [-0.2, -0.15) is 0 Å². The molecule has 1 aromatic heterocycles. The van der Waals surface area contributed by atoms with Crippen LogP contribution in [0.2, 0.25) is 0 Å². The van der Waals surface area contributed by atoms with Crippen molar-refractivity contribution in [3.05, 3.63) is 83.7 Å². The molecule has 180 valence electrons. The molecule has 0 N–H and O–H groups in total. The second-order valence-corrected chi connectivity index (χ2v) is 8.07. The van der Waals surface area contributed by atoms with E-state index in [2.05, 4.69) is 10.1 Å². The molecular formula is C27H28N4O4. The lowest BCUT2D eigenvalue weighted by atomic mass is 10.1. The van der Waals surface area contributed by atoms with E-state index < -0.39 is 0 Å². The second-order valence-electron chi connectivity index (χ2n) is 8.07. The van der Waals surface area contributed by atoms with Crippen LogP contribution in [0.4, 0.5) is 0 Å². The van der Waals surface area contributed by atoms with Crippen LogP contribution in [0.15, 0.2) is 66.7 Å². The molecule has 0 fully saturated rings. The SMILES string of the molecule is COc1cc(CN(C)C(=O)c2nc(-c3ccccc3)n(-c3ccc(C)cc3)n2)cc(OC)c1OC. The van der Waals surface area contributed by atoms with Crippen LogP contribution in [0.5, 0.6) is 17.2 Å². The second kappa shape index (κ2) is 10.3. The van der Waals surface area contributed by atoms with Crippen molar-refractivity contribution in [3.8, 4) is 34.3 Å². The van der Waals surface area contributed by atoms with Gasteiger partial charge in [-0.25, -0.2) is 9.67 Å². The highest BCUT2D eigenvalue weighted by Gasteiger charge is 2.23. The number of methoxy groups -OCH3 is 3. The fourth-order valence-electron chi connectivity index (χ4n) is 3.79. The summed E-state index contributed by atoms with van der Waals surface area (Å²) in [5.41, 5.74) is 3.65. The van der Waals surface area contributed by atoms with Gasteiger partial charge in [-0.3, -0.25) is 4.79 Å². The zero-order chi connectivity index (χ0) is 24.9. The number of nitrogens with zero attached hydrogens (tertiary/aromatic N) is 4. The molecule has 0 spiro atoms. The number of aryl methyl sites for hydroxylation is 1. The molecule has 4 aromatic rings. The molecule has 0 bridgehead atoms. The van der Waals surface area contributed by atoms with Crippen LogP contribution in [0, 0.1) is 6.92 Å². The number of amides is 1. The molecule has 0 aliphatic rings. The summed E-state index contributed by atoms with van der Waals surface area (Å²) in [6.07, 6.45) is 0. The Morgan fingerprint density at radius 1 is 0.914 bits per heavy atom. The van der Waals surface area contributed by atoms with Crippen molar-refractivity contribution >= 4 is 5.91 Å². The highest BCUT2D eigenvalue weighted by atomic mass is 16.5. The molecule has 4 rings (SSSR count). The summed E-state index contributed by atoms with van der Waals surface area (Å²) in [5.74, 6) is 1.95. The van der Waals surface area contributed by atoms with Crippen molar-refractivity contribution in [2.45, 2.75) is 13.5 Å². The third-order valence-corrected chi connectivity index (χ3v) is 5.60. The van der Waals surface area contributed by atoms with Crippen LogP contribution >= 0.6 is 0 Å². The van der Waals surface area contributed by atoms with Gasteiger partial charge >= 0.3 is 0 Å². The molecule has 0 aliphatic carbocycles. The minimum Gasteiger partial charge on any atom is -0.493 e. The third kappa shape index (κ3) is 4.96. The van der Waals surface area contributed by atoms with E-state index in [1.165, 1.54) is 0 Å². The Morgan fingerprint density at radius 3 is 2.11 bits per heavy atom. The lowest BCUT2D eigenvalue weighted by Gasteiger charge is -2.18. The fraction of sp³-hybridized carbons (Fsp3) is 0.222. The van der Waals surface area contributed by atoms with E-state index in [9.17, 15) is 4.79 Å². The predicted octanol–water partition coefficient (Wildman–Crippen LogP) is 4.54. The van der Waals surface area contributed by atoms with Crippen molar-refractivity contribution in [2.75, 3.05) is 28.4 Å². The fourth-order valence-corrected chi connectivity index (χ4v) is 3.79. The third-order valence-electron chi connectivity index (χ3n) is 5.60. The number of aromatic nitrogens is 3. The van der Waals surface area contributed by atoms with Crippen molar-refractivity contribution < 1.29 is 19.0 Å². The van der Waals surface area contributed by atoms with Crippen LogP contribution in [-0.2, 0) is 6.54 Å². The summed E-state index contributed by atoms with van der Waals surface area (Å²) in [5, 5.41) is 4.59. The van der Waals surface area contributed by atoms with Gasteiger partial charge < -0.3 is 19.1 Å². The maximum atomic E-state index is 13.4. The summed E-state index contributed by atoms with van der Waals surface area (Å²) >= 11 is 0. The lowest BCUT2D eigenvalue weighted by molar-refractivity contribution is 0.0773. The summed E-state index contributed by atoms with van der Waals surface area (Å²) in [7, 11) is 6.38. The molecule has 0 saturated heterocycles. The molecule has 0 atom stereocenters. The van der Waals surface area contributed by atoms with Gasteiger partial charge in [0, 0.05) is 19.2 Å². The van der Waals surface area contributed by atoms with E-state index in [0.29, 0.717) is 29.6 Å². The Kier molecular flexibility index (Phi) is 7.01. The Balaban J connectivity index is 1.67.